The van der Waals surface area contributed by atoms with Crippen molar-refractivity contribution in [3.05, 3.63) is 24.0 Å². The van der Waals surface area contributed by atoms with Gasteiger partial charge in [0.05, 0.1) is 25.1 Å². The lowest BCUT2D eigenvalue weighted by molar-refractivity contribution is 0.0137. The molecular weight excluding hydrogens is 250 g/mol. The summed E-state index contributed by atoms with van der Waals surface area (Å²) in [6.07, 6.45) is 5.64. The minimum Gasteiger partial charge on any atom is -0.379 e. The van der Waals surface area contributed by atoms with Crippen molar-refractivity contribution in [2.75, 3.05) is 44.3 Å². The van der Waals surface area contributed by atoms with Crippen molar-refractivity contribution in [1.29, 1.82) is 0 Å². The molecular formula is C16H25N3O. The monoisotopic (exact) mass is 275 g/mol. The van der Waals surface area contributed by atoms with Gasteiger partial charge >= 0.3 is 0 Å². The van der Waals surface area contributed by atoms with Gasteiger partial charge in [-0.05, 0) is 31.4 Å². The van der Waals surface area contributed by atoms with Crippen LogP contribution >= 0.6 is 0 Å². The maximum atomic E-state index is 5.46. The molecule has 2 fully saturated rings. The van der Waals surface area contributed by atoms with Crippen LogP contribution in [0.15, 0.2) is 18.3 Å². The van der Waals surface area contributed by atoms with Gasteiger partial charge in [0.15, 0.2) is 0 Å². The Morgan fingerprint density at radius 3 is 2.80 bits per heavy atom. The summed E-state index contributed by atoms with van der Waals surface area (Å²) in [4.78, 5) is 9.63. The highest BCUT2D eigenvalue weighted by Crippen LogP contribution is 2.22. The topological polar surface area (TPSA) is 28.6 Å². The predicted octanol–water partition coefficient (Wildman–Crippen LogP) is 1.94. The van der Waals surface area contributed by atoms with Gasteiger partial charge in [-0.25, -0.2) is 0 Å². The number of pyridine rings is 1. The van der Waals surface area contributed by atoms with Crippen molar-refractivity contribution in [2.45, 2.75) is 32.2 Å². The molecule has 3 heterocycles. The zero-order chi connectivity index (χ0) is 13.8. The highest BCUT2D eigenvalue weighted by atomic mass is 16.5. The Hall–Kier alpha value is -1.13. The third-order valence-corrected chi connectivity index (χ3v) is 4.50. The SMILES string of the molecule is CCc1ccc(N2CCC[C@H](N3CCOCC3)C2)cn1. The molecule has 0 amide bonds. The van der Waals surface area contributed by atoms with Gasteiger partial charge in [0.2, 0.25) is 0 Å². The van der Waals surface area contributed by atoms with E-state index in [-0.39, 0.29) is 0 Å². The second-order valence-corrected chi connectivity index (χ2v) is 5.75. The van der Waals surface area contributed by atoms with Crippen molar-refractivity contribution in [1.82, 2.24) is 9.88 Å². The molecule has 4 heteroatoms. The molecule has 1 aromatic rings. The fourth-order valence-electron chi connectivity index (χ4n) is 3.24. The summed E-state index contributed by atoms with van der Waals surface area (Å²) >= 11 is 0. The standard InChI is InChI=1S/C16H25N3O/c1-2-14-5-6-15(12-17-14)19-7-3-4-16(13-19)18-8-10-20-11-9-18/h5-6,12,16H,2-4,7-11,13H2,1H3/t16-/m0/s1. The fourth-order valence-corrected chi connectivity index (χ4v) is 3.24. The van der Waals surface area contributed by atoms with Crippen molar-refractivity contribution in [2.24, 2.45) is 0 Å². The highest BCUT2D eigenvalue weighted by Gasteiger charge is 2.26. The van der Waals surface area contributed by atoms with Gasteiger partial charge in [-0.1, -0.05) is 6.92 Å². The summed E-state index contributed by atoms with van der Waals surface area (Å²) in [5.74, 6) is 0. The van der Waals surface area contributed by atoms with Gasteiger partial charge in [0, 0.05) is 37.9 Å². The van der Waals surface area contributed by atoms with Crippen LogP contribution in [-0.2, 0) is 11.2 Å². The lowest BCUT2D eigenvalue weighted by atomic mass is 10.0. The van der Waals surface area contributed by atoms with Crippen LogP contribution in [0.25, 0.3) is 0 Å². The Morgan fingerprint density at radius 1 is 1.25 bits per heavy atom. The summed E-state index contributed by atoms with van der Waals surface area (Å²) in [6.45, 7) is 8.40. The van der Waals surface area contributed by atoms with Crippen LogP contribution in [0, 0.1) is 0 Å². The Labute approximate surface area is 121 Å². The minimum atomic E-state index is 0.679. The number of nitrogens with zero attached hydrogens (tertiary/aromatic N) is 3. The minimum absolute atomic E-state index is 0.679. The van der Waals surface area contributed by atoms with E-state index in [0.29, 0.717) is 6.04 Å². The molecule has 110 valence electrons. The first-order chi connectivity index (χ1) is 9.86. The number of hydrogen-bond donors (Lipinski definition) is 0. The van der Waals surface area contributed by atoms with E-state index in [1.54, 1.807) is 0 Å². The van der Waals surface area contributed by atoms with E-state index in [1.807, 2.05) is 6.20 Å². The lowest BCUT2D eigenvalue weighted by Gasteiger charge is -2.41. The Balaban J connectivity index is 1.64. The Morgan fingerprint density at radius 2 is 2.10 bits per heavy atom. The summed E-state index contributed by atoms with van der Waals surface area (Å²) in [7, 11) is 0. The van der Waals surface area contributed by atoms with Gasteiger partial charge in [-0.15, -0.1) is 0 Å². The average molecular weight is 275 g/mol. The van der Waals surface area contributed by atoms with Crippen molar-refractivity contribution in [3.8, 4) is 0 Å². The van der Waals surface area contributed by atoms with Crippen molar-refractivity contribution in [3.63, 3.8) is 0 Å². The molecule has 2 aliphatic rings. The first-order valence-corrected chi connectivity index (χ1v) is 7.88. The number of anilines is 1. The second-order valence-electron chi connectivity index (χ2n) is 5.75. The third-order valence-electron chi connectivity index (χ3n) is 4.50. The molecule has 2 saturated heterocycles. The molecule has 0 saturated carbocycles. The first kappa shape index (κ1) is 13.8. The maximum absolute atomic E-state index is 5.46. The maximum Gasteiger partial charge on any atom is 0.0594 e. The van der Waals surface area contributed by atoms with Crippen LogP contribution in [0.2, 0.25) is 0 Å². The molecule has 0 spiro atoms. The lowest BCUT2D eigenvalue weighted by Crippen LogP contribution is -2.51. The molecule has 1 aromatic heterocycles. The van der Waals surface area contributed by atoms with Crippen LogP contribution < -0.4 is 4.90 Å². The van der Waals surface area contributed by atoms with Crippen LogP contribution in [0.5, 0.6) is 0 Å². The quantitative estimate of drug-likeness (QED) is 0.843. The number of rotatable bonds is 3. The molecule has 0 aliphatic carbocycles. The number of aryl methyl sites for hydroxylation is 1. The predicted molar refractivity (Wildman–Crippen MR) is 81.2 cm³/mol. The summed E-state index contributed by atoms with van der Waals surface area (Å²) < 4.78 is 5.46. The van der Waals surface area contributed by atoms with E-state index in [0.717, 1.165) is 45.8 Å². The smallest absolute Gasteiger partial charge is 0.0594 e. The van der Waals surface area contributed by atoms with Gasteiger partial charge in [-0.2, -0.15) is 0 Å². The molecule has 0 aromatic carbocycles. The molecule has 3 rings (SSSR count). The normalized spacial score (nSPS) is 24.9. The third kappa shape index (κ3) is 3.13. The van der Waals surface area contributed by atoms with Crippen LogP contribution in [0.1, 0.15) is 25.5 Å². The van der Waals surface area contributed by atoms with E-state index in [2.05, 4.69) is 33.8 Å². The summed E-state index contributed by atoms with van der Waals surface area (Å²) in [5.41, 5.74) is 2.45. The van der Waals surface area contributed by atoms with Gasteiger partial charge < -0.3 is 9.64 Å². The van der Waals surface area contributed by atoms with Gasteiger partial charge in [-0.3, -0.25) is 9.88 Å². The first-order valence-electron chi connectivity index (χ1n) is 7.88. The number of ether oxygens (including phenoxy) is 1. The molecule has 2 aliphatic heterocycles. The van der Waals surface area contributed by atoms with Crippen LogP contribution in [0.4, 0.5) is 5.69 Å². The Bertz CT molecular complexity index is 414. The molecule has 0 N–H and O–H groups in total. The molecule has 0 bridgehead atoms. The molecule has 1 atom stereocenters. The molecule has 0 unspecified atom stereocenters. The highest BCUT2D eigenvalue weighted by molar-refractivity contribution is 5.45. The molecule has 4 nitrogen and oxygen atoms in total. The average Bonchev–Trinajstić information content (AvgIpc) is 2.56. The summed E-state index contributed by atoms with van der Waals surface area (Å²) in [5, 5.41) is 0. The van der Waals surface area contributed by atoms with Crippen molar-refractivity contribution < 1.29 is 4.74 Å². The Kier molecular flexibility index (Phi) is 4.53. The van der Waals surface area contributed by atoms with Gasteiger partial charge in [0.25, 0.3) is 0 Å². The number of hydrogen-bond acceptors (Lipinski definition) is 4. The zero-order valence-corrected chi connectivity index (χ0v) is 12.4. The van der Waals surface area contributed by atoms with E-state index in [1.165, 1.54) is 24.2 Å². The van der Waals surface area contributed by atoms with Crippen molar-refractivity contribution >= 4 is 5.69 Å². The van der Waals surface area contributed by atoms with Crippen LogP contribution in [-0.4, -0.2) is 55.3 Å². The van der Waals surface area contributed by atoms with Crippen LogP contribution in [0.3, 0.4) is 0 Å². The molecule has 0 radical (unpaired) electrons. The largest absolute Gasteiger partial charge is 0.379 e. The van der Waals surface area contributed by atoms with E-state index >= 15 is 0 Å². The zero-order valence-electron chi connectivity index (χ0n) is 12.4. The fraction of sp³-hybridized carbons (Fsp3) is 0.688. The number of morpholine rings is 1. The summed E-state index contributed by atoms with van der Waals surface area (Å²) in [6, 6.07) is 5.07. The number of piperidine rings is 1. The van der Waals surface area contributed by atoms with E-state index in [4.69, 9.17) is 4.74 Å². The second kappa shape index (κ2) is 6.55. The van der Waals surface area contributed by atoms with E-state index in [9.17, 15) is 0 Å². The van der Waals surface area contributed by atoms with Gasteiger partial charge in [0.1, 0.15) is 0 Å². The van der Waals surface area contributed by atoms with E-state index < -0.39 is 0 Å². The molecule has 20 heavy (non-hydrogen) atoms. The number of aromatic nitrogens is 1.